The van der Waals surface area contributed by atoms with Crippen LogP contribution in [0.4, 0.5) is 0 Å². The largest absolute Gasteiger partial charge is 0.495 e. The summed E-state index contributed by atoms with van der Waals surface area (Å²) in [6.45, 7) is 1.52. The van der Waals surface area contributed by atoms with E-state index < -0.39 is 5.97 Å². The lowest BCUT2D eigenvalue weighted by Crippen LogP contribution is -1.98. The van der Waals surface area contributed by atoms with E-state index in [1.54, 1.807) is 6.07 Å². The summed E-state index contributed by atoms with van der Waals surface area (Å²) in [4.78, 5) is 21.5. The molecule has 4 nitrogen and oxygen atoms in total. The van der Waals surface area contributed by atoms with Crippen molar-refractivity contribution < 1.29 is 19.4 Å². The van der Waals surface area contributed by atoms with Crippen molar-refractivity contribution in [3.05, 3.63) is 29.3 Å². The van der Waals surface area contributed by atoms with Crippen LogP contribution < -0.4 is 4.74 Å². The first-order valence-electron chi connectivity index (χ1n) is 5.58. The van der Waals surface area contributed by atoms with Crippen LogP contribution in [0.15, 0.2) is 18.2 Å². The van der Waals surface area contributed by atoms with E-state index in [1.807, 2.05) is 0 Å². The van der Waals surface area contributed by atoms with Crippen LogP contribution in [-0.2, 0) is 4.79 Å². The highest BCUT2D eigenvalue weighted by molar-refractivity contribution is 8.13. The van der Waals surface area contributed by atoms with Gasteiger partial charge in [-0.05, 0) is 18.2 Å². The molecule has 19 heavy (non-hydrogen) atoms. The molecule has 0 aliphatic rings. The molecule has 0 spiro atoms. The van der Waals surface area contributed by atoms with Crippen LogP contribution in [0.2, 0.25) is 0 Å². The number of carboxylic acids is 1. The van der Waals surface area contributed by atoms with Gasteiger partial charge < -0.3 is 9.84 Å². The predicted octanol–water partition coefficient (Wildman–Crippen LogP) is 2.41. The SMILES string of the molecule is COc1cc(C(=O)O)ccc1C#CCCSC(C)=O. The molecule has 0 aliphatic heterocycles. The van der Waals surface area contributed by atoms with Crippen molar-refractivity contribution in [2.75, 3.05) is 12.9 Å². The molecule has 1 aromatic rings. The van der Waals surface area contributed by atoms with Crippen LogP contribution in [0.5, 0.6) is 5.75 Å². The summed E-state index contributed by atoms with van der Waals surface area (Å²) in [7, 11) is 1.47. The molecule has 1 N–H and O–H groups in total. The van der Waals surface area contributed by atoms with Crippen LogP contribution in [0, 0.1) is 11.8 Å². The monoisotopic (exact) mass is 278 g/mol. The van der Waals surface area contributed by atoms with E-state index in [0.29, 0.717) is 23.5 Å². The van der Waals surface area contributed by atoms with E-state index >= 15 is 0 Å². The van der Waals surface area contributed by atoms with Gasteiger partial charge in [0.05, 0.1) is 18.2 Å². The number of rotatable bonds is 4. The Morgan fingerprint density at radius 1 is 1.42 bits per heavy atom. The molecule has 0 bridgehead atoms. The summed E-state index contributed by atoms with van der Waals surface area (Å²) in [6.07, 6.45) is 0.591. The first-order valence-corrected chi connectivity index (χ1v) is 6.56. The number of thioether (sulfide) groups is 1. The molecule has 0 saturated carbocycles. The number of ether oxygens (including phenoxy) is 1. The summed E-state index contributed by atoms with van der Waals surface area (Å²) in [5.41, 5.74) is 0.801. The molecule has 0 aromatic heterocycles. The molecule has 0 atom stereocenters. The van der Waals surface area contributed by atoms with E-state index in [2.05, 4.69) is 11.8 Å². The van der Waals surface area contributed by atoms with E-state index in [0.717, 1.165) is 0 Å². The Morgan fingerprint density at radius 3 is 2.74 bits per heavy atom. The molecule has 0 radical (unpaired) electrons. The maximum Gasteiger partial charge on any atom is 0.335 e. The van der Waals surface area contributed by atoms with Crippen LogP contribution in [0.25, 0.3) is 0 Å². The quantitative estimate of drug-likeness (QED) is 0.677. The van der Waals surface area contributed by atoms with Gasteiger partial charge in [-0.3, -0.25) is 4.79 Å². The number of hydrogen-bond donors (Lipinski definition) is 1. The standard InChI is InChI=1S/C14H14O4S/c1-10(15)19-8-4-3-5-11-6-7-12(14(16)17)9-13(11)18-2/h6-7,9H,4,8H2,1-2H3,(H,16,17). The van der Waals surface area contributed by atoms with Gasteiger partial charge in [0, 0.05) is 19.1 Å². The number of carboxylic acid groups (broad SMARTS) is 1. The van der Waals surface area contributed by atoms with Crippen molar-refractivity contribution in [2.45, 2.75) is 13.3 Å². The maximum atomic E-state index is 10.8. The highest BCUT2D eigenvalue weighted by atomic mass is 32.2. The first-order chi connectivity index (χ1) is 9.04. The van der Waals surface area contributed by atoms with Gasteiger partial charge in [-0.2, -0.15) is 0 Å². The van der Waals surface area contributed by atoms with Gasteiger partial charge >= 0.3 is 5.97 Å². The molecular formula is C14H14O4S. The second kappa shape index (κ2) is 7.49. The Labute approximate surface area is 116 Å². The van der Waals surface area contributed by atoms with E-state index in [1.165, 1.54) is 37.9 Å². The molecule has 0 heterocycles. The fourth-order valence-electron chi connectivity index (χ4n) is 1.33. The number of aromatic carboxylic acids is 1. The Morgan fingerprint density at radius 2 is 2.16 bits per heavy atom. The minimum absolute atomic E-state index is 0.0743. The topological polar surface area (TPSA) is 63.6 Å². The van der Waals surface area contributed by atoms with Crippen molar-refractivity contribution in [3.63, 3.8) is 0 Å². The summed E-state index contributed by atoms with van der Waals surface area (Å²) < 4.78 is 5.11. The molecule has 0 unspecified atom stereocenters. The van der Waals surface area contributed by atoms with Crippen molar-refractivity contribution in [1.82, 2.24) is 0 Å². The lowest BCUT2D eigenvalue weighted by molar-refractivity contribution is -0.109. The lowest BCUT2D eigenvalue weighted by atomic mass is 10.1. The van der Waals surface area contributed by atoms with Crippen LogP contribution >= 0.6 is 11.8 Å². The van der Waals surface area contributed by atoms with E-state index in [-0.39, 0.29) is 10.7 Å². The fourth-order valence-corrected chi connectivity index (χ4v) is 1.82. The second-order valence-corrected chi connectivity index (χ2v) is 4.88. The van der Waals surface area contributed by atoms with Gasteiger partial charge in [0.1, 0.15) is 5.75 Å². The van der Waals surface area contributed by atoms with E-state index in [9.17, 15) is 9.59 Å². The van der Waals surface area contributed by atoms with Crippen LogP contribution in [0.3, 0.4) is 0 Å². The maximum absolute atomic E-state index is 10.8. The minimum Gasteiger partial charge on any atom is -0.495 e. The van der Waals surface area contributed by atoms with Crippen molar-refractivity contribution in [1.29, 1.82) is 0 Å². The van der Waals surface area contributed by atoms with Crippen molar-refractivity contribution in [2.24, 2.45) is 0 Å². The number of carbonyl (C=O) groups is 2. The van der Waals surface area contributed by atoms with Gasteiger partial charge in [-0.15, -0.1) is 0 Å². The van der Waals surface area contributed by atoms with Crippen molar-refractivity contribution in [3.8, 4) is 17.6 Å². The Kier molecular flexibility index (Phi) is 5.97. The highest BCUT2D eigenvalue weighted by Crippen LogP contribution is 2.19. The fraction of sp³-hybridized carbons (Fsp3) is 0.286. The second-order valence-electron chi connectivity index (χ2n) is 3.61. The Hall–Kier alpha value is -1.93. The zero-order chi connectivity index (χ0) is 14.3. The summed E-state index contributed by atoms with van der Waals surface area (Å²) in [5, 5.41) is 8.94. The highest BCUT2D eigenvalue weighted by Gasteiger charge is 2.07. The number of carbonyl (C=O) groups excluding carboxylic acids is 1. The summed E-state index contributed by atoms with van der Waals surface area (Å²) in [5.74, 6) is 5.92. The van der Waals surface area contributed by atoms with Crippen LogP contribution in [-0.4, -0.2) is 29.1 Å². The molecule has 100 valence electrons. The first kappa shape index (κ1) is 15.1. The van der Waals surface area contributed by atoms with Gasteiger partial charge in [0.2, 0.25) is 0 Å². The van der Waals surface area contributed by atoms with Gasteiger partial charge in [-0.1, -0.05) is 23.6 Å². The molecule has 0 amide bonds. The molecule has 5 heteroatoms. The molecule has 0 fully saturated rings. The third kappa shape index (κ3) is 5.06. The van der Waals surface area contributed by atoms with Gasteiger partial charge in [0.15, 0.2) is 5.12 Å². The van der Waals surface area contributed by atoms with Gasteiger partial charge in [0.25, 0.3) is 0 Å². The Balaban J connectivity index is 2.75. The minimum atomic E-state index is -1.00. The smallest absolute Gasteiger partial charge is 0.335 e. The Bertz CT molecular complexity index is 540. The predicted molar refractivity (Wildman–Crippen MR) is 74.6 cm³/mol. The average Bonchev–Trinajstić information content (AvgIpc) is 2.37. The lowest BCUT2D eigenvalue weighted by Gasteiger charge is -2.04. The molecule has 1 rings (SSSR count). The zero-order valence-electron chi connectivity index (χ0n) is 10.7. The molecule has 0 saturated heterocycles. The summed E-state index contributed by atoms with van der Waals surface area (Å²) >= 11 is 1.23. The van der Waals surface area contributed by atoms with Gasteiger partial charge in [-0.25, -0.2) is 4.79 Å². The number of methoxy groups -OCH3 is 1. The summed E-state index contributed by atoms with van der Waals surface area (Å²) in [6, 6.07) is 4.54. The third-order valence-electron chi connectivity index (χ3n) is 2.20. The molecule has 0 aliphatic carbocycles. The molecule has 1 aromatic carbocycles. The zero-order valence-corrected chi connectivity index (χ0v) is 11.5. The molecular weight excluding hydrogens is 264 g/mol. The normalized spacial score (nSPS) is 9.37. The average molecular weight is 278 g/mol. The van der Waals surface area contributed by atoms with E-state index in [4.69, 9.17) is 9.84 Å². The third-order valence-corrected chi connectivity index (χ3v) is 3.02. The van der Waals surface area contributed by atoms with Crippen molar-refractivity contribution >= 4 is 22.8 Å². The number of benzene rings is 1. The van der Waals surface area contributed by atoms with Crippen LogP contribution in [0.1, 0.15) is 29.3 Å². The number of hydrogen-bond acceptors (Lipinski definition) is 4.